The van der Waals surface area contributed by atoms with Crippen molar-refractivity contribution in [2.75, 3.05) is 83.2 Å². The first-order valence-electron chi connectivity index (χ1n) is 16.7. The number of nitrogens with one attached hydrogen (secondary N) is 4. The average molecular weight is 752 g/mol. The molecule has 3 unspecified atom stereocenters. The lowest BCUT2D eigenvalue weighted by Crippen LogP contribution is -2.36. The summed E-state index contributed by atoms with van der Waals surface area (Å²) in [6.45, 7) is 4.10. The minimum atomic E-state index is -0.627. The third-order valence-corrected chi connectivity index (χ3v) is 11.3. The van der Waals surface area contributed by atoms with E-state index in [0.29, 0.717) is 87.6 Å². The molecule has 16 nitrogen and oxygen atoms in total. The van der Waals surface area contributed by atoms with Crippen molar-refractivity contribution < 1.29 is 52.6 Å². The lowest BCUT2D eigenvalue weighted by atomic mass is 10.0. The second-order valence-corrected chi connectivity index (χ2v) is 15.2. The van der Waals surface area contributed by atoms with Gasteiger partial charge in [-0.3, -0.25) is 19.2 Å². The molecule has 3 saturated heterocycles. The van der Waals surface area contributed by atoms with Crippen LogP contribution in [0, 0.1) is 0 Å². The number of rotatable bonds is 28. The first kappa shape index (κ1) is 41.1. The van der Waals surface area contributed by atoms with E-state index in [1.54, 1.807) is 0 Å². The fourth-order valence-corrected chi connectivity index (χ4v) is 8.34. The molecule has 49 heavy (non-hydrogen) atoms. The second-order valence-electron chi connectivity index (χ2n) is 11.2. The van der Waals surface area contributed by atoms with Gasteiger partial charge in [-0.05, 0) is 12.8 Å². The maximum atomic E-state index is 12.0. The Hall–Kier alpha value is -2.29. The van der Waals surface area contributed by atoms with E-state index in [0.717, 1.165) is 25.0 Å². The average Bonchev–Trinajstić information content (AvgIpc) is 3.74. The molecule has 0 aromatic heterocycles. The molecule has 4 N–H and O–H groups in total. The third kappa shape index (κ3) is 17.5. The molecule has 0 bridgehead atoms. The predicted molar refractivity (Wildman–Crippen MR) is 185 cm³/mol. The Morgan fingerprint density at radius 3 is 2.06 bits per heavy atom. The van der Waals surface area contributed by atoms with Gasteiger partial charge in [0.15, 0.2) is 0 Å². The van der Waals surface area contributed by atoms with Crippen molar-refractivity contribution in [3.05, 3.63) is 0 Å². The second kappa shape index (κ2) is 24.8. The molecule has 19 heteroatoms. The Balaban J connectivity index is 0.968. The number of hydrogen-bond acceptors (Lipinski definition) is 14. The molecule has 0 aliphatic carbocycles. The summed E-state index contributed by atoms with van der Waals surface area (Å²) in [5.74, 6) is 0.344. The summed E-state index contributed by atoms with van der Waals surface area (Å²) in [5, 5.41) is 12.6. The maximum absolute atomic E-state index is 12.0. The molecule has 0 radical (unpaired) electrons. The van der Waals surface area contributed by atoms with Crippen molar-refractivity contribution in [1.29, 1.82) is 0 Å². The summed E-state index contributed by atoms with van der Waals surface area (Å²) in [7, 11) is 2.94. The summed E-state index contributed by atoms with van der Waals surface area (Å²) in [6.07, 6.45) is 3.71. The minimum Gasteiger partial charge on any atom is -0.379 e. The number of ether oxygens (including phenoxy) is 4. The highest BCUT2D eigenvalue weighted by Gasteiger charge is 2.42. The Morgan fingerprint density at radius 2 is 1.35 bits per heavy atom. The normalized spacial score (nSPS) is 19.9. The van der Waals surface area contributed by atoms with Gasteiger partial charge in [0.2, 0.25) is 11.8 Å². The highest BCUT2D eigenvalue weighted by Crippen LogP contribution is 2.33. The smallest absolute Gasteiger partial charge is 0.334 e. The van der Waals surface area contributed by atoms with Gasteiger partial charge >= 0.3 is 12.0 Å². The Kier molecular flexibility index (Phi) is 20.8. The number of hydrogen-bond donors (Lipinski definition) is 4. The maximum Gasteiger partial charge on any atom is 0.334 e. The van der Waals surface area contributed by atoms with Gasteiger partial charge in [-0.15, -0.1) is 5.06 Å². The van der Waals surface area contributed by atoms with Crippen LogP contribution in [0.4, 0.5) is 4.79 Å². The fourth-order valence-electron chi connectivity index (χ4n) is 4.92. The summed E-state index contributed by atoms with van der Waals surface area (Å²) >= 11 is 1.89. The first-order valence-corrected chi connectivity index (χ1v) is 20.2. The van der Waals surface area contributed by atoms with Crippen molar-refractivity contribution in [2.24, 2.45) is 0 Å². The van der Waals surface area contributed by atoms with Crippen LogP contribution in [0.25, 0.3) is 0 Å². The van der Waals surface area contributed by atoms with Crippen LogP contribution in [-0.2, 0) is 47.8 Å². The zero-order chi connectivity index (χ0) is 35.1. The molecular formula is C30H49N5O11S3. The largest absolute Gasteiger partial charge is 0.379 e. The lowest BCUT2D eigenvalue weighted by molar-refractivity contribution is -0.197. The van der Waals surface area contributed by atoms with E-state index in [9.17, 15) is 28.8 Å². The van der Waals surface area contributed by atoms with E-state index in [1.807, 2.05) is 11.8 Å². The molecule has 0 aromatic carbocycles. The zero-order valence-electron chi connectivity index (χ0n) is 27.7. The van der Waals surface area contributed by atoms with E-state index >= 15 is 0 Å². The van der Waals surface area contributed by atoms with Gasteiger partial charge in [0.1, 0.15) is 0 Å². The molecule has 6 amide bonds. The van der Waals surface area contributed by atoms with Crippen molar-refractivity contribution in [3.63, 3.8) is 0 Å². The number of amides is 6. The van der Waals surface area contributed by atoms with E-state index in [1.165, 1.54) is 21.6 Å². The van der Waals surface area contributed by atoms with Crippen LogP contribution in [0.15, 0.2) is 0 Å². The van der Waals surface area contributed by atoms with Gasteiger partial charge in [0.05, 0.1) is 71.4 Å². The topological polar surface area (TPSA) is 200 Å². The van der Waals surface area contributed by atoms with E-state index in [-0.39, 0.29) is 62.2 Å². The van der Waals surface area contributed by atoms with Crippen LogP contribution in [0.5, 0.6) is 0 Å². The van der Waals surface area contributed by atoms with Crippen LogP contribution >= 0.6 is 33.3 Å². The molecule has 3 atom stereocenters. The summed E-state index contributed by atoms with van der Waals surface area (Å²) in [6, 6.07) is 0.370. The van der Waals surface area contributed by atoms with Crippen molar-refractivity contribution in [1.82, 2.24) is 26.3 Å². The monoisotopic (exact) mass is 751 g/mol. The van der Waals surface area contributed by atoms with Gasteiger partial charge in [-0.25, -0.2) is 9.59 Å². The molecule has 3 fully saturated rings. The number of fused-ring (bicyclic) bond motifs is 1. The first-order chi connectivity index (χ1) is 23.8. The SMILES string of the molecule is O=C(CCCCC1SCC2NC(=O)NC21)NCCOCCOCCOCCOCCC(=O)NCCSSCCC(=O)ON1C(=O)CCC1=O. The van der Waals surface area contributed by atoms with E-state index in [2.05, 4.69) is 21.3 Å². The van der Waals surface area contributed by atoms with Crippen molar-refractivity contribution >= 4 is 69.0 Å². The predicted octanol–water partition coefficient (Wildman–Crippen LogP) is 0.780. The number of carbonyl (C=O) groups excluding carboxylic acids is 6. The Labute approximate surface area is 299 Å². The fraction of sp³-hybridized carbons (Fsp3) is 0.800. The summed E-state index contributed by atoms with van der Waals surface area (Å²) in [5.41, 5.74) is 0. The van der Waals surface area contributed by atoms with Gasteiger partial charge < -0.3 is 45.1 Å². The van der Waals surface area contributed by atoms with Crippen LogP contribution in [0.3, 0.4) is 0 Å². The number of thioether (sulfide) groups is 1. The number of unbranched alkanes of at least 4 members (excludes halogenated alkanes) is 1. The Morgan fingerprint density at radius 1 is 0.735 bits per heavy atom. The van der Waals surface area contributed by atoms with Crippen molar-refractivity contribution in [2.45, 2.75) is 68.7 Å². The van der Waals surface area contributed by atoms with Gasteiger partial charge in [-0.1, -0.05) is 28.0 Å². The number of hydroxylamine groups is 2. The molecule has 3 rings (SSSR count). The highest BCUT2D eigenvalue weighted by molar-refractivity contribution is 8.76. The van der Waals surface area contributed by atoms with Crippen molar-refractivity contribution in [3.8, 4) is 0 Å². The van der Waals surface area contributed by atoms with Crippen LogP contribution in [0.2, 0.25) is 0 Å². The van der Waals surface area contributed by atoms with Gasteiger partial charge in [0.25, 0.3) is 11.8 Å². The van der Waals surface area contributed by atoms with E-state index in [4.69, 9.17) is 23.8 Å². The van der Waals surface area contributed by atoms with Crippen LogP contribution in [-0.4, -0.2) is 141 Å². The minimum absolute atomic E-state index is 0.0222. The molecule has 278 valence electrons. The molecule has 3 heterocycles. The standard InChI is InChI=1S/C30H49N5O11S3/c36-24(4-2-1-3-23-29-22(21-47-23)33-30(41)34-29)31-9-12-43-14-16-45-18-17-44-15-13-42-11-7-25(37)32-10-20-49-48-19-8-28(40)46-35-26(38)5-6-27(35)39/h22-23,29H,1-21H2,(H,31,36)(H,32,37)(H2,33,34,41). The molecule has 3 aliphatic rings. The third-order valence-electron chi connectivity index (χ3n) is 7.42. The lowest BCUT2D eigenvalue weighted by Gasteiger charge is -2.16. The number of imide groups is 1. The molecular weight excluding hydrogens is 703 g/mol. The quantitative estimate of drug-likeness (QED) is 0.0379. The molecule has 0 aromatic rings. The number of carbonyl (C=O) groups is 6. The van der Waals surface area contributed by atoms with Crippen LogP contribution < -0.4 is 21.3 Å². The Bertz CT molecular complexity index is 1060. The van der Waals surface area contributed by atoms with Gasteiger partial charge in [-0.2, -0.15) is 11.8 Å². The van der Waals surface area contributed by atoms with Gasteiger partial charge in [0, 0.05) is 61.3 Å². The summed E-state index contributed by atoms with van der Waals surface area (Å²) < 4.78 is 21.8. The molecule has 0 saturated carbocycles. The van der Waals surface area contributed by atoms with E-state index < -0.39 is 17.8 Å². The van der Waals surface area contributed by atoms with Crippen LogP contribution in [0.1, 0.15) is 51.4 Å². The summed E-state index contributed by atoms with van der Waals surface area (Å²) in [4.78, 5) is 74.8. The number of urea groups is 1. The molecule has 0 spiro atoms. The molecule has 3 aliphatic heterocycles. The number of nitrogens with zero attached hydrogens (tertiary/aromatic N) is 1. The highest BCUT2D eigenvalue weighted by atomic mass is 33.1. The zero-order valence-corrected chi connectivity index (χ0v) is 30.2.